The fourth-order valence-corrected chi connectivity index (χ4v) is 5.71. The normalized spacial score (nSPS) is 35.3. The lowest BCUT2D eigenvalue weighted by Crippen LogP contribution is -2.61. The number of carbonyl (C=O) groups is 1. The Morgan fingerprint density at radius 1 is 1.12 bits per heavy atom. The molecule has 1 saturated heterocycles. The van der Waals surface area contributed by atoms with Crippen LogP contribution in [0.25, 0.3) is 0 Å². The van der Waals surface area contributed by atoms with E-state index in [9.17, 15) is 14.3 Å². The molecule has 1 unspecified atom stereocenters. The van der Waals surface area contributed by atoms with Crippen LogP contribution in [0.3, 0.4) is 0 Å². The maximum absolute atomic E-state index is 14.9. The van der Waals surface area contributed by atoms with Gasteiger partial charge in [0.25, 0.3) is 0 Å². The van der Waals surface area contributed by atoms with Crippen LogP contribution in [-0.4, -0.2) is 34.6 Å². The molecule has 140 valence electrons. The van der Waals surface area contributed by atoms with Crippen molar-refractivity contribution in [3.63, 3.8) is 0 Å². The van der Waals surface area contributed by atoms with Crippen molar-refractivity contribution in [3.8, 4) is 0 Å². The number of rotatable bonds is 3. The maximum atomic E-state index is 14.9. The van der Waals surface area contributed by atoms with Gasteiger partial charge in [-0.15, -0.1) is 0 Å². The summed E-state index contributed by atoms with van der Waals surface area (Å²) in [5, 5.41) is 9.86. The second kappa shape index (κ2) is 5.54. The fraction of sp³-hybridized carbons (Fsp3) is 0.682. The molecule has 1 heterocycles. The molecule has 0 radical (unpaired) electrons. The molecule has 4 aliphatic rings. The maximum Gasteiger partial charge on any atom is 0.225 e. The average Bonchev–Trinajstić information content (AvgIpc) is 3.28. The van der Waals surface area contributed by atoms with Gasteiger partial charge in [0.05, 0.1) is 5.60 Å². The van der Waals surface area contributed by atoms with Gasteiger partial charge in [0.15, 0.2) is 0 Å². The summed E-state index contributed by atoms with van der Waals surface area (Å²) in [4.78, 5) is 14.5. The Labute approximate surface area is 154 Å². The summed E-state index contributed by atoms with van der Waals surface area (Å²) >= 11 is 0. The van der Waals surface area contributed by atoms with Crippen LogP contribution >= 0.6 is 0 Å². The molecule has 1 aromatic rings. The number of hydrogen-bond acceptors (Lipinski definition) is 2. The minimum Gasteiger partial charge on any atom is -0.390 e. The topological polar surface area (TPSA) is 40.5 Å². The van der Waals surface area contributed by atoms with Gasteiger partial charge in [-0.2, -0.15) is 0 Å². The Hall–Kier alpha value is -1.42. The van der Waals surface area contributed by atoms with Gasteiger partial charge in [-0.05, 0) is 74.8 Å². The van der Waals surface area contributed by atoms with Gasteiger partial charge in [-0.3, -0.25) is 4.79 Å². The molecule has 4 heteroatoms. The van der Waals surface area contributed by atoms with Crippen LogP contribution in [0.2, 0.25) is 0 Å². The molecule has 5 rings (SSSR count). The van der Waals surface area contributed by atoms with Gasteiger partial charge >= 0.3 is 0 Å². The van der Waals surface area contributed by atoms with Gasteiger partial charge in [0.1, 0.15) is 5.82 Å². The first-order valence-corrected chi connectivity index (χ1v) is 10.2. The molecule has 1 aliphatic heterocycles. The number of nitrogens with zero attached hydrogens (tertiary/aromatic N) is 1. The lowest BCUT2D eigenvalue weighted by Gasteiger charge is -2.52. The summed E-state index contributed by atoms with van der Waals surface area (Å²) in [6, 6.07) is 5.96. The Bertz CT molecular complexity index is 741. The predicted octanol–water partition coefficient (Wildman–Crippen LogP) is 3.96. The van der Waals surface area contributed by atoms with E-state index in [0.29, 0.717) is 24.7 Å². The number of amides is 1. The van der Waals surface area contributed by atoms with E-state index in [1.165, 1.54) is 0 Å². The Morgan fingerprint density at radius 2 is 1.77 bits per heavy atom. The van der Waals surface area contributed by atoms with E-state index in [4.69, 9.17) is 0 Å². The van der Waals surface area contributed by atoms with Crippen molar-refractivity contribution in [2.45, 2.75) is 69.3 Å². The highest BCUT2D eigenvalue weighted by atomic mass is 19.1. The molecule has 1 aromatic carbocycles. The minimum absolute atomic E-state index is 0.00668. The van der Waals surface area contributed by atoms with Crippen molar-refractivity contribution >= 4 is 5.91 Å². The largest absolute Gasteiger partial charge is 0.390 e. The van der Waals surface area contributed by atoms with Crippen molar-refractivity contribution in [1.82, 2.24) is 4.90 Å². The number of benzene rings is 1. The molecular weight excluding hydrogens is 329 g/mol. The molecule has 3 aliphatic carbocycles. The minimum atomic E-state index is -0.647. The van der Waals surface area contributed by atoms with Crippen molar-refractivity contribution in [2.75, 3.05) is 13.1 Å². The van der Waals surface area contributed by atoms with Gasteiger partial charge in [-0.1, -0.05) is 18.2 Å². The second-order valence-electron chi connectivity index (χ2n) is 9.76. The standard InChI is InChI=1S/C22H28FNO2/c1-21(26)9-16(10-21)20(25)24-12-22(13-24)8-7-15(11-22)18-4-2-3-17(19(18)23)14-5-6-14/h2-4,14-16,26H,5-13H2,1H3. The Morgan fingerprint density at radius 3 is 2.38 bits per heavy atom. The molecule has 3 nitrogen and oxygen atoms in total. The average molecular weight is 357 g/mol. The fourth-order valence-electron chi connectivity index (χ4n) is 5.71. The number of likely N-dealkylation sites (tertiary alicyclic amines) is 1. The number of halogens is 1. The van der Waals surface area contributed by atoms with E-state index in [2.05, 4.69) is 0 Å². The van der Waals surface area contributed by atoms with Gasteiger partial charge in [0.2, 0.25) is 5.91 Å². The van der Waals surface area contributed by atoms with Crippen molar-refractivity contribution < 1.29 is 14.3 Å². The van der Waals surface area contributed by atoms with E-state index in [1.807, 2.05) is 23.1 Å². The zero-order valence-corrected chi connectivity index (χ0v) is 15.5. The third-order valence-electron chi connectivity index (χ3n) is 7.30. The summed E-state index contributed by atoms with van der Waals surface area (Å²) < 4.78 is 14.9. The van der Waals surface area contributed by atoms with Crippen molar-refractivity contribution in [1.29, 1.82) is 0 Å². The van der Waals surface area contributed by atoms with Crippen LogP contribution < -0.4 is 0 Å². The molecule has 3 saturated carbocycles. The lowest BCUT2D eigenvalue weighted by molar-refractivity contribution is -0.161. The van der Waals surface area contributed by atoms with Crippen LogP contribution in [-0.2, 0) is 4.79 Å². The Balaban J connectivity index is 1.22. The molecule has 1 amide bonds. The quantitative estimate of drug-likeness (QED) is 0.889. The lowest BCUT2D eigenvalue weighted by atomic mass is 9.69. The molecule has 26 heavy (non-hydrogen) atoms. The Kier molecular flexibility index (Phi) is 3.57. The highest BCUT2D eigenvalue weighted by Gasteiger charge is 2.53. The highest BCUT2D eigenvalue weighted by molar-refractivity contribution is 5.81. The van der Waals surface area contributed by atoms with E-state index >= 15 is 0 Å². The van der Waals surface area contributed by atoms with Crippen LogP contribution in [0.1, 0.15) is 74.8 Å². The highest BCUT2D eigenvalue weighted by Crippen LogP contribution is 2.54. The number of carbonyl (C=O) groups excluding carboxylic acids is 1. The summed E-state index contributed by atoms with van der Waals surface area (Å²) in [6.45, 7) is 3.45. The molecule has 0 bridgehead atoms. The predicted molar refractivity (Wildman–Crippen MR) is 97.3 cm³/mol. The molecule has 1 spiro atoms. The zero-order valence-electron chi connectivity index (χ0n) is 15.5. The van der Waals surface area contributed by atoms with Crippen LogP contribution in [0, 0.1) is 17.2 Å². The van der Waals surface area contributed by atoms with Crippen LogP contribution in [0.5, 0.6) is 0 Å². The van der Waals surface area contributed by atoms with E-state index in [0.717, 1.165) is 56.3 Å². The molecule has 1 N–H and O–H groups in total. The van der Waals surface area contributed by atoms with Gasteiger partial charge < -0.3 is 10.0 Å². The van der Waals surface area contributed by atoms with Gasteiger partial charge in [-0.25, -0.2) is 4.39 Å². The monoisotopic (exact) mass is 357 g/mol. The molecule has 1 atom stereocenters. The van der Waals surface area contributed by atoms with E-state index in [-0.39, 0.29) is 23.1 Å². The van der Waals surface area contributed by atoms with E-state index < -0.39 is 5.60 Å². The summed E-state index contributed by atoms with van der Waals surface area (Å²) in [5.41, 5.74) is 1.39. The van der Waals surface area contributed by atoms with E-state index in [1.54, 1.807) is 6.92 Å². The number of hydrogen-bond donors (Lipinski definition) is 1. The zero-order chi connectivity index (χ0) is 18.1. The van der Waals surface area contributed by atoms with Crippen LogP contribution in [0.4, 0.5) is 4.39 Å². The third kappa shape index (κ3) is 2.69. The summed E-state index contributed by atoms with van der Waals surface area (Å²) in [7, 11) is 0. The first-order chi connectivity index (χ1) is 12.4. The molecule has 4 fully saturated rings. The van der Waals surface area contributed by atoms with Crippen LogP contribution in [0.15, 0.2) is 18.2 Å². The summed E-state index contributed by atoms with van der Waals surface area (Å²) in [6.07, 6.45) is 6.57. The number of aliphatic hydroxyl groups is 1. The molecule has 0 aromatic heterocycles. The van der Waals surface area contributed by atoms with Crippen molar-refractivity contribution in [2.24, 2.45) is 11.3 Å². The van der Waals surface area contributed by atoms with Crippen molar-refractivity contribution in [3.05, 3.63) is 35.1 Å². The smallest absolute Gasteiger partial charge is 0.225 e. The van der Waals surface area contributed by atoms with Gasteiger partial charge in [0, 0.05) is 24.4 Å². The first kappa shape index (κ1) is 16.7. The second-order valence-corrected chi connectivity index (χ2v) is 9.76. The third-order valence-corrected chi connectivity index (χ3v) is 7.30. The first-order valence-electron chi connectivity index (χ1n) is 10.2. The molecular formula is C22H28FNO2. The summed E-state index contributed by atoms with van der Waals surface area (Å²) in [5.74, 6) is 1.01. The SMILES string of the molecule is CC1(O)CC(C(=O)N2CC3(CCC(c4cccc(C5CC5)c4F)C3)C2)C1.